The molecule has 116 valence electrons. The maximum absolute atomic E-state index is 12.5. The molecule has 1 amide bonds. The van der Waals surface area contributed by atoms with E-state index in [4.69, 9.17) is 4.74 Å². The maximum Gasteiger partial charge on any atom is 0.244 e. The Hall–Kier alpha value is -1.56. The third kappa shape index (κ3) is 3.20. The predicted molar refractivity (Wildman–Crippen MR) is 80.9 cm³/mol. The van der Waals surface area contributed by atoms with E-state index in [0.29, 0.717) is 18.6 Å². The fourth-order valence-corrected chi connectivity index (χ4v) is 3.54. The maximum atomic E-state index is 12.5. The molecular weight excluding hydrogens is 290 g/mol. The molecule has 1 aliphatic carbocycles. The van der Waals surface area contributed by atoms with Gasteiger partial charge in [0.2, 0.25) is 15.9 Å². The minimum absolute atomic E-state index is 0.437. The van der Waals surface area contributed by atoms with Crippen LogP contribution in [0.1, 0.15) is 36.8 Å². The second-order valence-electron chi connectivity index (χ2n) is 5.68. The zero-order valence-corrected chi connectivity index (χ0v) is 13.4. The number of rotatable bonds is 4. The van der Waals surface area contributed by atoms with Crippen LogP contribution in [0.5, 0.6) is 5.75 Å². The Balaban J connectivity index is 2.45. The second kappa shape index (κ2) is 5.67. The van der Waals surface area contributed by atoms with Crippen molar-refractivity contribution in [2.45, 2.75) is 38.0 Å². The first-order valence-corrected chi connectivity index (χ1v) is 8.85. The summed E-state index contributed by atoms with van der Waals surface area (Å²) in [6.45, 7) is 1.93. The number of benzene rings is 1. The van der Waals surface area contributed by atoms with Crippen LogP contribution in [0.2, 0.25) is 0 Å². The summed E-state index contributed by atoms with van der Waals surface area (Å²) in [4.78, 5) is 12.5. The normalized spacial score (nSPS) is 17.5. The molecule has 5 nitrogen and oxygen atoms in total. The standard InChI is InChI=1S/C15H21NO4S/c1-11-6-7-12(10-13(11)20-2)15(8-4-5-9-15)14(17)16-21(3,18)19/h6-7,10H,4-5,8-9H2,1-3H3,(H,16,17). The predicted octanol–water partition coefficient (Wildman–Crippen LogP) is 1.89. The SMILES string of the molecule is COc1cc(C2(C(=O)NS(C)(=O)=O)CCCC2)ccc1C. The number of hydrogen-bond acceptors (Lipinski definition) is 4. The summed E-state index contributed by atoms with van der Waals surface area (Å²) in [6.07, 6.45) is 4.13. The molecule has 1 aromatic carbocycles. The van der Waals surface area contributed by atoms with Crippen molar-refractivity contribution in [2.75, 3.05) is 13.4 Å². The van der Waals surface area contributed by atoms with E-state index in [1.165, 1.54) is 0 Å². The quantitative estimate of drug-likeness (QED) is 0.921. The van der Waals surface area contributed by atoms with Crippen molar-refractivity contribution in [3.05, 3.63) is 29.3 Å². The molecular formula is C15H21NO4S. The first kappa shape index (κ1) is 15.8. The summed E-state index contributed by atoms with van der Waals surface area (Å²) in [5.74, 6) is 0.277. The molecule has 0 radical (unpaired) electrons. The molecule has 1 N–H and O–H groups in total. The fourth-order valence-electron chi connectivity index (χ4n) is 3.01. The van der Waals surface area contributed by atoms with Crippen LogP contribution < -0.4 is 9.46 Å². The van der Waals surface area contributed by atoms with Crippen LogP contribution in [0.4, 0.5) is 0 Å². The highest BCUT2D eigenvalue weighted by atomic mass is 32.2. The van der Waals surface area contributed by atoms with E-state index in [1.54, 1.807) is 7.11 Å². The van der Waals surface area contributed by atoms with Crippen molar-refractivity contribution in [1.29, 1.82) is 0 Å². The van der Waals surface area contributed by atoms with Gasteiger partial charge in [0.1, 0.15) is 5.75 Å². The van der Waals surface area contributed by atoms with E-state index in [0.717, 1.165) is 30.2 Å². The van der Waals surface area contributed by atoms with Gasteiger partial charge in [-0.2, -0.15) is 0 Å². The first-order valence-electron chi connectivity index (χ1n) is 6.96. The van der Waals surface area contributed by atoms with Gasteiger partial charge in [-0.05, 0) is 37.0 Å². The lowest BCUT2D eigenvalue weighted by Gasteiger charge is -2.28. The van der Waals surface area contributed by atoms with E-state index in [-0.39, 0.29) is 0 Å². The molecule has 0 unspecified atom stereocenters. The highest BCUT2D eigenvalue weighted by Crippen LogP contribution is 2.42. The van der Waals surface area contributed by atoms with Gasteiger partial charge in [-0.25, -0.2) is 8.42 Å². The summed E-state index contributed by atoms with van der Waals surface area (Å²) in [6, 6.07) is 5.65. The van der Waals surface area contributed by atoms with Gasteiger partial charge in [-0.1, -0.05) is 25.0 Å². The fraction of sp³-hybridized carbons (Fsp3) is 0.533. The lowest BCUT2D eigenvalue weighted by atomic mass is 9.78. The lowest BCUT2D eigenvalue weighted by Crippen LogP contribution is -2.44. The lowest BCUT2D eigenvalue weighted by molar-refractivity contribution is -0.124. The molecule has 1 saturated carbocycles. The molecule has 2 rings (SSSR count). The highest BCUT2D eigenvalue weighted by molar-refractivity contribution is 7.89. The Bertz CT molecular complexity index is 646. The zero-order chi connectivity index (χ0) is 15.7. The molecule has 0 aliphatic heterocycles. The number of methoxy groups -OCH3 is 1. The van der Waals surface area contributed by atoms with E-state index in [1.807, 2.05) is 25.1 Å². The smallest absolute Gasteiger partial charge is 0.244 e. The van der Waals surface area contributed by atoms with Gasteiger partial charge in [-0.3, -0.25) is 9.52 Å². The number of hydrogen-bond donors (Lipinski definition) is 1. The largest absolute Gasteiger partial charge is 0.496 e. The Morgan fingerprint density at radius 2 is 1.90 bits per heavy atom. The number of nitrogens with one attached hydrogen (secondary N) is 1. The van der Waals surface area contributed by atoms with E-state index in [2.05, 4.69) is 4.72 Å². The third-order valence-corrected chi connectivity index (χ3v) is 4.69. The van der Waals surface area contributed by atoms with Crippen LogP contribution in [0, 0.1) is 6.92 Å². The van der Waals surface area contributed by atoms with Gasteiger partial charge in [0.15, 0.2) is 0 Å². The molecule has 21 heavy (non-hydrogen) atoms. The summed E-state index contributed by atoms with van der Waals surface area (Å²) in [5.41, 5.74) is 1.03. The van der Waals surface area contributed by atoms with Crippen LogP contribution in [0.25, 0.3) is 0 Å². The minimum atomic E-state index is -3.56. The van der Waals surface area contributed by atoms with Crippen molar-refractivity contribution in [2.24, 2.45) is 0 Å². The summed E-state index contributed by atoms with van der Waals surface area (Å²) < 4.78 is 30.3. The Morgan fingerprint density at radius 3 is 2.43 bits per heavy atom. The zero-order valence-electron chi connectivity index (χ0n) is 12.6. The molecule has 0 heterocycles. The van der Waals surface area contributed by atoms with Crippen LogP contribution in [0.3, 0.4) is 0 Å². The Kier molecular flexibility index (Phi) is 4.27. The van der Waals surface area contributed by atoms with Crippen LogP contribution in [-0.2, 0) is 20.2 Å². The Labute approximate surface area is 125 Å². The number of amides is 1. The summed E-state index contributed by atoms with van der Waals surface area (Å²) in [5, 5.41) is 0. The number of ether oxygens (including phenoxy) is 1. The molecule has 0 atom stereocenters. The van der Waals surface area contributed by atoms with E-state index in [9.17, 15) is 13.2 Å². The van der Waals surface area contributed by atoms with E-state index >= 15 is 0 Å². The summed E-state index contributed by atoms with van der Waals surface area (Å²) >= 11 is 0. The minimum Gasteiger partial charge on any atom is -0.496 e. The number of aryl methyl sites for hydroxylation is 1. The van der Waals surface area contributed by atoms with Crippen molar-refractivity contribution in [3.8, 4) is 5.75 Å². The van der Waals surface area contributed by atoms with Crippen molar-refractivity contribution in [3.63, 3.8) is 0 Å². The van der Waals surface area contributed by atoms with Gasteiger partial charge in [0, 0.05) is 0 Å². The first-order chi connectivity index (χ1) is 9.78. The van der Waals surface area contributed by atoms with Gasteiger partial charge < -0.3 is 4.74 Å². The Morgan fingerprint density at radius 1 is 1.29 bits per heavy atom. The number of sulfonamides is 1. The molecule has 0 spiro atoms. The molecule has 0 aromatic heterocycles. The van der Waals surface area contributed by atoms with Crippen molar-refractivity contribution >= 4 is 15.9 Å². The van der Waals surface area contributed by atoms with Gasteiger partial charge in [-0.15, -0.1) is 0 Å². The molecule has 1 aromatic rings. The average Bonchev–Trinajstić information content (AvgIpc) is 2.88. The van der Waals surface area contributed by atoms with Crippen LogP contribution in [0.15, 0.2) is 18.2 Å². The van der Waals surface area contributed by atoms with Crippen LogP contribution >= 0.6 is 0 Å². The third-order valence-electron chi connectivity index (χ3n) is 4.13. The molecule has 0 saturated heterocycles. The molecule has 1 fully saturated rings. The van der Waals surface area contributed by atoms with Crippen molar-refractivity contribution in [1.82, 2.24) is 4.72 Å². The number of carbonyl (C=O) groups excluding carboxylic acids is 1. The number of carbonyl (C=O) groups is 1. The van der Waals surface area contributed by atoms with Crippen LogP contribution in [-0.4, -0.2) is 27.7 Å². The van der Waals surface area contributed by atoms with Gasteiger partial charge in [0.25, 0.3) is 0 Å². The van der Waals surface area contributed by atoms with E-state index < -0.39 is 21.3 Å². The molecule has 6 heteroatoms. The monoisotopic (exact) mass is 311 g/mol. The molecule has 0 bridgehead atoms. The van der Waals surface area contributed by atoms with Gasteiger partial charge in [0.05, 0.1) is 18.8 Å². The highest BCUT2D eigenvalue weighted by Gasteiger charge is 2.43. The average molecular weight is 311 g/mol. The van der Waals surface area contributed by atoms with Crippen molar-refractivity contribution < 1.29 is 17.9 Å². The summed E-state index contributed by atoms with van der Waals surface area (Å²) in [7, 11) is -1.97. The second-order valence-corrected chi connectivity index (χ2v) is 7.43. The topological polar surface area (TPSA) is 72.5 Å². The molecule has 1 aliphatic rings. The van der Waals surface area contributed by atoms with Gasteiger partial charge >= 0.3 is 0 Å².